The zero-order valence-electron chi connectivity index (χ0n) is 15.2. The first-order chi connectivity index (χ1) is 11.9. The summed E-state index contributed by atoms with van der Waals surface area (Å²) in [5.41, 5.74) is 0.879. The van der Waals surface area contributed by atoms with E-state index in [9.17, 15) is 14.4 Å². The maximum Gasteiger partial charge on any atom is 0.341 e. The van der Waals surface area contributed by atoms with E-state index in [-0.39, 0.29) is 18.3 Å². The van der Waals surface area contributed by atoms with Gasteiger partial charge in [0.25, 0.3) is 5.91 Å². The first kappa shape index (κ1) is 19.6. The number of likely N-dealkylation sites (tertiary alicyclic amines) is 1. The van der Waals surface area contributed by atoms with E-state index < -0.39 is 5.97 Å². The van der Waals surface area contributed by atoms with Crippen LogP contribution >= 0.6 is 11.3 Å². The van der Waals surface area contributed by atoms with Gasteiger partial charge in [-0.25, -0.2) is 4.79 Å². The number of carbonyl (C=O) groups is 3. The van der Waals surface area contributed by atoms with Crippen molar-refractivity contribution in [1.29, 1.82) is 0 Å². The van der Waals surface area contributed by atoms with Crippen molar-refractivity contribution in [2.24, 2.45) is 0 Å². The molecule has 2 N–H and O–H groups in total. The highest BCUT2D eigenvalue weighted by Crippen LogP contribution is 2.34. The largest absolute Gasteiger partial charge is 0.462 e. The molecule has 0 atom stereocenters. The fourth-order valence-corrected chi connectivity index (χ4v) is 4.30. The molecule has 1 aromatic heterocycles. The Morgan fingerprint density at radius 2 is 1.80 bits per heavy atom. The maximum atomic E-state index is 12.5. The lowest BCUT2D eigenvalue weighted by atomic mass is 10.1. The van der Waals surface area contributed by atoms with E-state index in [1.807, 2.05) is 0 Å². The average molecular weight is 367 g/mol. The molecule has 1 amide bonds. The van der Waals surface area contributed by atoms with Gasteiger partial charge in [-0.15, -0.1) is 11.3 Å². The Hall–Kier alpha value is -1.73. The molecule has 2 rings (SSSR count). The molecule has 25 heavy (non-hydrogen) atoms. The monoisotopic (exact) mass is 367 g/mol. The molecule has 138 valence electrons. The molecule has 1 fully saturated rings. The number of thiophene rings is 1. The van der Waals surface area contributed by atoms with Crippen LogP contribution in [0.25, 0.3) is 0 Å². The molecule has 1 saturated heterocycles. The molecule has 0 spiro atoms. The lowest BCUT2D eigenvalue weighted by molar-refractivity contribution is -0.890. The molecule has 0 aliphatic carbocycles. The van der Waals surface area contributed by atoms with E-state index in [0.717, 1.165) is 37.3 Å². The zero-order valence-corrected chi connectivity index (χ0v) is 16.0. The molecule has 0 saturated carbocycles. The van der Waals surface area contributed by atoms with Crippen molar-refractivity contribution in [2.75, 3.05) is 31.6 Å². The first-order valence-corrected chi connectivity index (χ1v) is 9.70. The van der Waals surface area contributed by atoms with E-state index in [0.29, 0.717) is 27.5 Å². The highest BCUT2D eigenvalue weighted by molar-refractivity contribution is 7.18. The first-order valence-electron chi connectivity index (χ1n) is 8.88. The Labute approximate surface area is 152 Å². The standard InChI is InChI=1S/C18H26N2O4S/c1-4-24-18(23)15-12(2)16(13(3)21)25-17(15)19-14(22)11-20-9-7-5-6-8-10-20/h4-11H2,1-3H3,(H,19,22)/p+1. The van der Waals surface area contributed by atoms with Crippen molar-refractivity contribution >= 4 is 34.0 Å². The lowest BCUT2D eigenvalue weighted by Gasteiger charge is -2.16. The van der Waals surface area contributed by atoms with Crippen LogP contribution in [-0.4, -0.2) is 43.9 Å². The van der Waals surface area contributed by atoms with Crippen molar-refractivity contribution in [3.63, 3.8) is 0 Å². The van der Waals surface area contributed by atoms with Gasteiger partial charge in [0.15, 0.2) is 12.3 Å². The van der Waals surface area contributed by atoms with Gasteiger partial charge in [-0.05, 0) is 52.0 Å². The van der Waals surface area contributed by atoms with E-state index in [1.54, 1.807) is 13.8 Å². The highest BCUT2D eigenvalue weighted by Gasteiger charge is 2.26. The number of ketones is 1. The van der Waals surface area contributed by atoms with Crippen LogP contribution in [0.1, 0.15) is 65.1 Å². The highest BCUT2D eigenvalue weighted by atomic mass is 32.1. The number of amides is 1. The van der Waals surface area contributed by atoms with Crippen molar-refractivity contribution in [3.8, 4) is 0 Å². The quantitative estimate of drug-likeness (QED) is 0.594. The van der Waals surface area contributed by atoms with Crippen molar-refractivity contribution in [1.82, 2.24) is 0 Å². The van der Waals surface area contributed by atoms with Crippen LogP contribution < -0.4 is 10.2 Å². The summed E-state index contributed by atoms with van der Waals surface area (Å²) in [5.74, 6) is -0.744. The predicted molar refractivity (Wildman–Crippen MR) is 97.7 cm³/mol. The number of quaternary nitrogens is 1. The number of rotatable bonds is 6. The number of hydrogen-bond acceptors (Lipinski definition) is 5. The summed E-state index contributed by atoms with van der Waals surface area (Å²) in [6.07, 6.45) is 4.74. The number of carbonyl (C=O) groups excluding carboxylic acids is 3. The molecule has 1 aromatic rings. The zero-order chi connectivity index (χ0) is 18.4. The fourth-order valence-electron chi connectivity index (χ4n) is 3.19. The lowest BCUT2D eigenvalue weighted by Crippen LogP contribution is -3.12. The van der Waals surface area contributed by atoms with Gasteiger partial charge in [-0.3, -0.25) is 9.59 Å². The van der Waals surface area contributed by atoms with Gasteiger partial charge in [0.1, 0.15) is 5.00 Å². The summed E-state index contributed by atoms with van der Waals surface area (Å²) < 4.78 is 5.09. The molecule has 0 radical (unpaired) electrons. The molecule has 7 heteroatoms. The second kappa shape index (κ2) is 9.10. The Morgan fingerprint density at radius 1 is 1.16 bits per heavy atom. The SMILES string of the molecule is CCOC(=O)c1c(NC(=O)C[NH+]2CCCCCC2)sc(C(C)=O)c1C. The van der Waals surface area contributed by atoms with Crippen molar-refractivity contribution < 1.29 is 24.0 Å². The molecule has 2 heterocycles. The normalized spacial score (nSPS) is 15.5. The Morgan fingerprint density at radius 3 is 2.36 bits per heavy atom. The van der Waals surface area contributed by atoms with Crippen LogP contribution in [0.5, 0.6) is 0 Å². The van der Waals surface area contributed by atoms with E-state index >= 15 is 0 Å². The number of hydrogen-bond donors (Lipinski definition) is 2. The van der Waals surface area contributed by atoms with Gasteiger partial charge in [-0.1, -0.05) is 0 Å². The van der Waals surface area contributed by atoms with Crippen molar-refractivity contribution in [2.45, 2.75) is 46.5 Å². The summed E-state index contributed by atoms with van der Waals surface area (Å²) in [5, 5.41) is 3.26. The minimum atomic E-state index is -0.499. The second-order valence-corrected chi connectivity index (χ2v) is 7.45. The third-order valence-corrected chi connectivity index (χ3v) is 5.73. The molecule has 6 nitrogen and oxygen atoms in total. The minimum Gasteiger partial charge on any atom is -0.462 e. The van der Waals surface area contributed by atoms with E-state index in [4.69, 9.17) is 4.74 Å². The number of nitrogens with one attached hydrogen (secondary N) is 2. The smallest absolute Gasteiger partial charge is 0.341 e. The van der Waals surface area contributed by atoms with Crippen LogP contribution in [-0.2, 0) is 9.53 Å². The molecular weight excluding hydrogens is 340 g/mol. The summed E-state index contributed by atoms with van der Waals surface area (Å²) >= 11 is 1.15. The summed E-state index contributed by atoms with van der Waals surface area (Å²) in [4.78, 5) is 38.3. The van der Waals surface area contributed by atoms with Gasteiger partial charge < -0.3 is 15.0 Å². The van der Waals surface area contributed by atoms with Crippen LogP contribution in [0.2, 0.25) is 0 Å². The third-order valence-electron chi connectivity index (χ3n) is 4.42. The summed E-state index contributed by atoms with van der Waals surface area (Å²) in [6.45, 7) is 7.53. The van der Waals surface area contributed by atoms with Crippen LogP contribution in [0, 0.1) is 6.92 Å². The summed E-state index contributed by atoms with van der Waals surface area (Å²) in [6, 6.07) is 0. The van der Waals surface area contributed by atoms with E-state index in [1.165, 1.54) is 24.7 Å². The third kappa shape index (κ3) is 5.12. The van der Waals surface area contributed by atoms with Crippen LogP contribution in [0.4, 0.5) is 5.00 Å². The fraction of sp³-hybridized carbons (Fsp3) is 0.611. The van der Waals surface area contributed by atoms with Crippen LogP contribution in [0.3, 0.4) is 0 Å². The minimum absolute atomic E-state index is 0.119. The topological polar surface area (TPSA) is 76.9 Å². The molecule has 0 aromatic carbocycles. The van der Waals surface area contributed by atoms with Gasteiger partial charge in [0.2, 0.25) is 0 Å². The van der Waals surface area contributed by atoms with Gasteiger partial charge in [0, 0.05) is 0 Å². The average Bonchev–Trinajstić information content (AvgIpc) is 2.71. The van der Waals surface area contributed by atoms with Gasteiger partial charge in [0.05, 0.1) is 30.1 Å². The number of esters is 1. The van der Waals surface area contributed by atoms with Crippen molar-refractivity contribution in [3.05, 3.63) is 16.0 Å². The molecular formula is C18H27N2O4S+. The van der Waals surface area contributed by atoms with Gasteiger partial charge in [-0.2, -0.15) is 0 Å². The Bertz CT molecular complexity index is 646. The summed E-state index contributed by atoms with van der Waals surface area (Å²) in [7, 11) is 0. The van der Waals surface area contributed by atoms with Crippen LogP contribution in [0.15, 0.2) is 0 Å². The molecule has 1 aliphatic heterocycles. The number of Topliss-reactive ketones (excluding diaryl/α,β-unsaturated/α-hetero) is 1. The number of anilines is 1. The van der Waals surface area contributed by atoms with E-state index in [2.05, 4.69) is 5.32 Å². The molecule has 0 unspecified atom stereocenters. The molecule has 0 bridgehead atoms. The second-order valence-electron chi connectivity index (χ2n) is 6.43. The Kier molecular flexibility index (Phi) is 7.13. The molecule has 1 aliphatic rings. The predicted octanol–water partition coefficient (Wildman–Crippen LogP) is 1.83. The number of ether oxygens (including phenoxy) is 1. The van der Waals surface area contributed by atoms with Gasteiger partial charge >= 0.3 is 5.97 Å². The maximum absolute atomic E-state index is 12.5. The Balaban J connectivity index is 2.16.